The normalized spacial score (nSPS) is 17.5. The van der Waals surface area contributed by atoms with Gasteiger partial charge in [0.15, 0.2) is 5.96 Å². The third-order valence-corrected chi connectivity index (χ3v) is 6.84. The Balaban J connectivity index is 0.00000450. The molecule has 2 N–H and O–H groups in total. The molecule has 0 aliphatic carbocycles. The van der Waals surface area contributed by atoms with Crippen LogP contribution in [-0.4, -0.2) is 57.2 Å². The van der Waals surface area contributed by atoms with Gasteiger partial charge in [0, 0.05) is 38.8 Å². The van der Waals surface area contributed by atoms with E-state index in [2.05, 4.69) is 61.5 Å². The number of halogens is 1. The second-order valence-electron chi connectivity index (χ2n) is 8.09. The highest BCUT2D eigenvalue weighted by Crippen LogP contribution is 2.23. The molecule has 0 spiro atoms. The van der Waals surface area contributed by atoms with E-state index in [1.165, 1.54) is 4.31 Å². The fourth-order valence-electron chi connectivity index (χ4n) is 3.49. The lowest BCUT2D eigenvalue weighted by atomic mass is 10.1. The summed E-state index contributed by atoms with van der Waals surface area (Å²) in [4.78, 5) is 4.24. The Bertz CT molecular complexity index is 799. The van der Waals surface area contributed by atoms with Crippen LogP contribution in [0.4, 0.5) is 0 Å². The lowest BCUT2D eigenvalue weighted by molar-refractivity contribution is 0.191. The van der Waals surface area contributed by atoms with Crippen molar-refractivity contribution in [2.45, 2.75) is 53.2 Å². The molecule has 7 nitrogen and oxygen atoms in total. The van der Waals surface area contributed by atoms with E-state index in [0.29, 0.717) is 44.5 Å². The van der Waals surface area contributed by atoms with Crippen LogP contribution in [0.2, 0.25) is 0 Å². The summed E-state index contributed by atoms with van der Waals surface area (Å²) in [7, 11) is -1.35. The van der Waals surface area contributed by atoms with Crippen LogP contribution in [0.15, 0.2) is 23.2 Å². The molecule has 1 heterocycles. The third kappa shape index (κ3) is 8.58. The Morgan fingerprint density at radius 3 is 2.60 bits per heavy atom. The van der Waals surface area contributed by atoms with Crippen molar-refractivity contribution in [1.82, 2.24) is 14.9 Å². The molecule has 172 valence electrons. The smallest absolute Gasteiger partial charge is 0.214 e. The molecule has 1 saturated heterocycles. The SMILES string of the molecule is CN=C(NCCN1CCCS1(=O)=O)NCc1ccc(C)cc1OC(C)CC(C)C.I. The van der Waals surface area contributed by atoms with E-state index in [0.717, 1.165) is 23.3 Å². The monoisotopic (exact) mass is 552 g/mol. The maximum atomic E-state index is 11.9. The first-order chi connectivity index (χ1) is 13.7. The minimum atomic E-state index is -3.06. The first-order valence-electron chi connectivity index (χ1n) is 10.4. The molecule has 1 unspecified atom stereocenters. The van der Waals surface area contributed by atoms with Crippen molar-refractivity contribution in [1.29, 1.82) is 0 Å². The van der Waals surface area contributed by atoms with Crippen molar-refractivity contribution in [3.63, 3.8) is 0 Å². The van der Waals surface area contributed by atoms with Gasteiger partial charge in [0.25, 0.3) is 0 Å². The number of ether oxygens (including phenoxy) is 1. The highest BCUT2D eigenvalue weighted by Gasteiger charge is 2.27. The number of aliphatic imine (C=N–C) groups is 1. The van der Waals surface area contributed by atoms with E-state index >= 15 is 0 Å². The Kier molecular flexibility index (Phi) is 11.4. The van der Waals surface area contributed by atoms with Crippen molar-refractivity contribution >= 4 is 40.0 Å². The molecular formula is C21H37IN4O3S. The van der Waals surface area contributed by atoms with Gasteiger partial charge in [0.05, 0.1) is 11.9 Å². The molecule has 30 heavy (non-hydrogen) atoms. The molecule has 1 atom stereocenters. The number of hydrogen-bond acceptors (Lipinski definition) is 4. The van der Waals surface area contributed by atoms with Gasteiger partial charge in [-0.15, -0.1) is 24.0 Å². The first-order valence-corrected chi connectivity index (χ1v) is 12.0. The summed E-state index contributed by atoms with van der Waals surface area (Å²) in [5, 5.41) is 6.49. The van der Waals surface area contributed by atoms with Crippen LogP contribution >= 0.6 is 24.0 Å². The number of guanidine groups is 1. The summed E-state index contributed by atoms with van der Waals surface area (Å²) in [6.45, 7) is 10.7. The molecule has 0 radical (unpaired) electrons. The molecule has 0 saturated carbocycles. The van der Waals surface area contributed by atoms with Crippen molar-refractivity contribution < 1.29 is 13.2 Å². The third-order valence-electron chi connectivity index (χ3n) is 4.88. The van der Waals surface area contributed by atoms with Crippen LogP contribution in [0.5, 0.6) is 5.75 Å². The Morgan fingerprint density at radius 1 is 1.27 bits per heavy atom. The van der Waals surface area contributed by atoms with Gasteiger partial charge in [-0.2, -0.15) is 0 Å². The molecule has 0 aromatic heterocycles. The molecule has 1 aliphatic rings. The van der Waals surface area contributed by atoms with Crippen molar-refractivity contribution in [3.05, 3.63) is 29.3 Å². The maximum Gasteiger partial charge on any atom is 0.214 e. The fraction of sp³-hybridized carbons (Fsp3) is 0.667. The predicted molar refractivity (Wildman–Crippen MR) is 134 cm³/mol. The zero-order valence-electron chi connectivity index (χ0n) is 18.8. The van der Waals surface area contributed by atoms with Crippen LogP contribution in [-0.2, 0) is 16.6 Å². The van der Waals surface area contributed by atoms with Gasteiger partial charge in [-0.3, -0.25) is 4.99 Å². The number of nitrogens with zero attached hydrogens (tertiary/aromatic N) is 2. The summed E-state index contributed by atoms with van der Waals surface area (Å²) in [5.74, 6) is 2.37. The number of rotatable bonds is 9. The molecular weight excluding hydrogens is 515 g/mol. The Hall–Kier alpha value is -1.07. The van der Waals surface area contributed by atoms with E-state index in [9.17, 15) is 8.42 Å². The average molecular weight is 553 g/mol. The van der Waals surface area contributed by atoms with Gasteiger partial charge in [-0.05, 0) is 44.2 Å². The molecule has 0 bridgehead atoms. The van der Waals surface area contributed by atoms with Gasteiger partial charge < -0.3 is 15.4 Å². The molecule has 1 fully saturated rings. The van der Waals surface area contributed by atoms with Gasteiger partial charge in [0.2, 0.25) is 10.0 Å². The highest BCUT2D eigenvalue weighted by molar-refractivity contribution is 14.0. The maximum absolute atomic E-state index is 11.9. The average Bonchev–Trinajstić information content (AvgIpc) is 2.96. The second kappa shape index (κ2) is 12.7. The molecule has 9 heteroatoms. The Morgan fingerprint density at radius 2 is 2.00 bits per heavy atom. The molecule has 1 aliphatic heterocycles. The lowest BCUT2D eigenvalue weighted by Gasteiger charge is -2.20. The fourth-order valence-corrected chi connectivity index (χ4v) is 5.02. The van der Waals surface area contributed by atoms with Crippen LogP contribution in [0.3, 0.4) is 0 Å². The Labute approximate surface area is 199 Å². The quantitative estimate of drug-likeness (QED) is 0.280. The minimum absolute atomic E-state index is 0. The zero-order chi connectivity index (χ0) is 21.4. The number of benzene rings is 1. The largest absolute Gasteiger partial charge is 0.490 e. The summed E-state index contributed by atoms with van der Waals surface area (Å²) in [5.41, 5.74) is 2.23. The van der Waals surface area contributed by atoms with Crippen molar-refractivity contribution in [3.8, 4) is 5.75 Å². The number of aryl methyl sites for hydroxylation is 1. The van der Waals surface area contributed by atoms with Gasteiger partial charge >= 0.3 is 0 Å². The summed E-state index contributed by atoms with van der Waals surface area (Å²) >= 11 is 0. The van der Waals surface area contributed by atoms with E-state index in [4.69, 9.17) is 4.74 Å². The highest BCUT2D eigenvalue weighted by atomic mass is 127. The van der Waals surface area contributed by atoms with E-state index in [-0.39, 0.29) is 35.8 Å². The minimum Gasteiger partial charge on any atom is -0.490 e. The number of nitrogens with one attached hydrogen (secondary N) is 2. The lowest BCUT2D eigenvalue weighted by Crippen LogP contribution is -2.41. The van der Waals surface area contributed by atoms with E-state index in [1.807, 2.05) is 0 Å². The van der Waals surface area contributed by atoms with Crippen LogP contribution in [0.1, 0.15) is 44.7 Å². The van der Waals surface area contributed by atoms with Crippen LogP contribution in [0, 0.1) is 12.8 Å². The summed E-state index contributed by atoms with van der Waals surface area (Å²) in [6, 6.07) is 6.22. The van der Waals surface area contributed by atoms with Gasteiger partial charge in [-0.25, -0.2) is 12.7 Å². The standard InChI is InChI=1S/C21H36N4O3S.HI/c1-16(2)13-18(4)28-20-14-17(3)7-8-19(20)15-24-21(22-5)23-9-11-25-10-6-12-29(25,26)27;/h7-8,14,16,18H,6,9-13,15H2,1-5H3,(H2,22,23,24);1H. The number of sulfonamides is 1. The molecule has 0 amide bonds. The predicted octanol–water partition coefficient (Wildman–Crippen LogP) is 3.13. The molecule has 1 aromatic carbocycles. The summed E-state index contributed by atoms with van der Waals surface area (Å²) < 4.78 is 31.5. The van der Waals surface area contributed by atoms with Crippen LogP contribution < -0.4 is 15.4 Å². The van der Waals surface area contributed by atoms with Crippen molar-refractivity contribution in [2.75, 3.05) is 32.4 Å². The van der Waals surface area contributed by atoms with E-state index < -0.39 is 10.0 Å². The topological polar surface area (TPSA) is 83.0 Å². The van der Waals surface area contributed by atoms with Gasteiger partial charge in [0.1, 0.15) is 5.75 Å². The zero-order valence-corrected chi connectivity index (χ0v) is 21.9. The number of hydrogen-bond donors (Lipinski definition) is 2. The van der Waals surface area contributed by atoms with Crippen LogP contribution in [0.25, 0.3) is 0 Å². The van der Waals surface area contributed by atoms with E-state index in [1.54, 1.807) is 7.05 Å². The second-order valence-corrected chi connectivity index (χ2v) is 10.2. The van der Waals surface area contributed by atoms with Crippen molar-refractivity contribution in [2.24, 2.45) is 10.9 Å². The molecule has 1 aromatic rings. The van der Waals surface area contributed by atoms with Gasteiger partial charge in [-0.1, -0.05) is 26.0 Å². The molecule has 2 rings (SSSR count). The summed E-state index contributed by atoms with van der Waals surface area (Å²) in [6.07, 6.45) is 1.86. The first kappa shape index (κ1) is 27.0.